The van der Waals surface area contributed by atoms with Crippen molar-refractivity contribution in [2.75, 3.05) is 11.1 Å². The Morgan fingerprint density at radius 1 is 1.43 bits per heavy atom. The lowest BCUT2D eigenvalue weighted by molar-refractivity contribution is -0.131. The van der Waals surface area contributed by atoms with Crippen LogP contribution in [-0.2, 0) is 9.53 Å². The van der Waals surface area contributed by atoms with Crippen LogP contribution in [0.4, 0.5) is 11.4 Å². The fourth-order valence-corrected chi connectivity index (χ4v) is 2.93. The van der Waals surface area contributed by atoms with E-state index in [1.54, 1.807) is 12.1 Å². The molecule has 21 heavy (non-hydrogen) atoms. The molecule has 3 atom stereocenters. The first kappa shape index (κ1) is 15.8. The van der Waals surface area contributed by atoms with E-state index in [9.17, 15) is 4.79 Å². The molecule has 1 fully saturated rings. The highest BCUT2D eigenvalue weighted by atomic mass is 16.5. The highest BCUT2D eigenvalue weighted by Gasteiger charge is 2.25. The van der Waals surface area contributed by atoms with Crippen molar-refractivity contribution in [1.29, 1.82) is 0 Å². The largest absolute Gasteiger partial charge is 0.397 e. The molecular weight excluding hydrogens is 264 g/mol. The van der Waals surface area contributed by atoms with E-state index in [0.29, 0.717) is 11.4 Å². The molecule has 1 amide bonds. The number of carbonyl (C=O) groups excluding carboxylic acids is 1. The first-order chi connectivity index (χ1) is 10.1. The Morgan fingerprint density at radius 3 is 2.90 bits per heavy atom. The molecule has 3 unspecified atom stereocenters. The molecule has 0 aromatic heterocycles. The summed E-state index contributed by atoms with van der Waals surface area (Å²) in [5, 5.41) is 2.84. The van der Waals surface area contributed by atoms with Crippen molar-refractivity contribution < 1.29 is 9.53 Å². The molecule has 0 radical (unpaired) electrons. The standard InChI is InChI=1S/C17H26N2O2/c1-3-13-7-6-8-14(11-13)21-12(2)17(20)19-16-10-5-4-9-15(16)18/h4-5,9-10,12-14H,3,6-8,11,18H2,1-2H3,(H,19,20). The molecular formula is C17H26N2O2. The molecule has 0 heterocycles. The molecule has 1 aliphatic rings. The van der Waals surface area contributed by atoms with Gasteiger partial charge in [-0.2, -0.15) is 0 Å². The van der Waals surface area contributed by atoms with Gasteiger partial charge in [-0.15, -0.1) is 0 Å². The zero-order valence-corrected chi connectivity index (χ0v) is 13.0. The van der Waals surface area contributed by atoms with Crippen LogP contribution in [0.25, 0.3) is 0 Å². The molecule has 116 valence electrons. The zero-order chi connectivity index (χ0) is 15.2. The lowest BCUT2D eigenvalue weighted by Gasteiger charge is -2.30. The smallest absolute Gasteiger partial charge is 0.253 e. The maximum atomic E-state index is 12.2. The van der Waals surface area contributed by atoms with Gasteiger partial charge in [-0.25, -0.2) is 0 Å². The summed E-state index contributed by atoms with van der Waals surface area (Å²) in [6.07, 6.45) is 5.56. The molecule has 3 N–H and O–H groups in total. The Kier molecular flexibility index (Phi) is 5.62. The predicted octanol–water partition coefficient (Wildman–Crippen LogP) is 3.58. The number of para-hydroxylation sites is 2. The lowest BCUT2D eigenvalue weighted by atomic mass is 9.85. The third-order valence-electron chi connectivity index (χ3n) is 4.30. The summed E-state index contributed by atoms with van der Waals surface area (Å²) < 4.78 is 5.94. The highest BCUT2D eigenvalue weighted by Crippen LogP contribution is 2.29. The van der Waals surface area contributed by atoms with Gasteiger partial charge in [0.25, 0.3) is 5.91 Å². The summed E-state index contributed by atoms with van der Waals surface area (Å²) in [6.45, 7) is 4.03. The lowest BCUT2D eigenvalue weighted by Crippen LogP contribution is -2.34. The predicted molar refractivity (Wildman–Crippen MR) is 86.1 cm³/mol. The highest BCUT2D eigenvalue weighted by molar-refractivity contribution is 5.96. The van der Waals surface area contributed by atoms with Crippen molar-refractivity contribution in [3.05, 3.63) is 24.3 Å². The third kappa shape index (κ3) is 4.46. The number of hydrogen-bond donors (Lipinski definition) is 2. The SMILES string of the molecule is CCC1CCCC(OC(C)C(=O)Nc2ccccc2N)C1. The molecule has 0 saturated heterocycles. The average Bonchev–Trinajstić information content (AvgIpc) is 2.49. The summed E-state index contributed by atoms with van der Waals surface area (Å²) in [6, 6.07) is 7.27. The summed E-state index contributed by atoms with van der Waals surface area (Å²) >= 11 is 0. The van der Waals surface area contributed by atoms with Gasteiger partial charge in [-0.3, -0.25) is 4.79 Å². The molecule has 1 aromatic carbocycles. The molecule has 4 heteroatoms. The quantitative estimate of drug-likeness (QED) is 0.815. The number of anilines is 2. The van der Waals surface area contributed by atoms with Gasteiger partial charge >= 0.3 is 0 Å². The molecule has 4 nitrogen and oxygen atoms in total. The normalized spacial score (nSPS) is 23.5. The third-order valence-corrected chi connectivity index (χ3v) is 4.30. The van der Waals surface area contributed by atoms with E-state index in [1.165, 1.54) is 19.3 Å². The summed E-state index contributed by atoms with van der Waals surface area (Å²) in [5.41, 5.74) is 7.05. The second kappa shape index (κ2) is 7.46. The Hall–Kier alpha value is -1.55. The topological polar surface area (TPSA) is 64.3 Å². The molecule has 1 aromatic rings. The maximum Gasteiger partial charge on any atom is 0.253 e. The average molecular weight is 290 g/mol. The fraction of sp³-hybridized carbons (Fsp3) is 0.588. The summed E-state index contributed by atoms with van der Waals surface area (Å²) in [5.74, 6) is 0.607. The van der Waals surface area contributed by atoms with Crippen LogP contribution in [0, 0.1) is 5.92 Å². The van der Waals surface area contributed by atoms with E-state index in [0.717, 1.165) is 18.8 Å². The summed E-state index contributed by atoms with van der Waals surface area (Å²) in [4.78, 5) is 12.2. The number of nitrogen functional groups attached to an aromatic ring is 1. The number of carbonyl (C=O) groups is 1. The number of nitrogens with one attached hydrogen (secondary N) is 1. The molecule has 1 saturated carbocycles. The number of amides is 1. The van der Waals surface area contributed by atoms with Crippen molar-refractivity contribution in [1.82, 2.24) is 0 Å². The monoisotopic (exact) mass is 290 g/mol. The van der Waals surface area contributed by atoms with Crippen molar-refractivity contribution in [3.8, 4) is 0 Å². The zero-order valence-electron chi connectivity index (χ0n) is 13.0. The number of ether oxygens (including phenoxy) is 1. The summed E-state index contributed by atoms with van der Waals surface area (Å²) in [7, 11) is 0. The molecule has 0 bridgehead atoms. The maximum absolute atomic E-state index is 12.2. The number of hydrogen-bond acceptors (Lipinski definition) is 3. The van der Waals surface area contributed by atoms with E-state index in [1.807, 2.05) is 19.1 Å². The van der Waals surface area contributed by atoms with Gasteiger partial charge in [0.2, 0.25) is 0 Å². The minimum atomic E-state index is -0.454. The number of rotatable bonds is 5. The van der Waals surface area contributed by atoms with E-state index in [2.05, 4.69) is 12.2 Å². The van der Waals surface area contributed by atoms with Crippen LogP contribution >= 0.6 is 0 Å². The number of nitrogens with two attached hydrogens (primary N) is 1. The Balaban J connectivity index is 1.86. The minimum absolute atomic E-state index is 0.133. The van der Waals surface area contributed by atoms with Crippen LogP contribution in [-0.4, -0.2) is 18.1 Å². The van der Waals surface area contributed by atoms with E-state index < -0.39 is 6.10 Å². The first-order valence-corrected chi connectivity index (χ1v) is 7.91. The van der Waals surface area contributed by atoms with Crippen LogP contribution in [0.15, 0.2) is 24.3 Å². The Bertz CT molecular complexity index is 476. The van der Waals surface area contributed by atoms with Gasteiger partial charge < -0.3 is 15.8 Å². The van der Waals surface area contributed by atoms with Crippen LogP contribution in [0.3, 0.4) is 0 Å². The van der Waals surface area contributed by atoms with Gasteiger partial charge in [0.15, 0.2) is 0 Å². The molecule has 0 aliphatic heterocycles. The minimum Gasteiger partial charge on any atom is -0.397 e. The Labute approximate surface area is 127 Å². The molecule has 0 spiro atoms. The van der Waals surface area contributed by atoms with Gasteiger partial charge in [0.05, 0.1) is 17.5 Å². The van der Waals surface area contributed by atoms with Crippen molar-refractivity contribution >= 4 is 17.3 Å². The van der Waals surface area contributed by atoms with Gasteiger partial charge in [-0.1, -0.05) is 38.3 Å². The van der Waals surface area contributed by atoms with Crippen LogP contribution in [0.1, 0.15) is 46.0 Å². The van der Waals surface area contributed by atoms with E-state index in [4.69, 9.17) is 10.5 Å². The van der Waals surface area contributed by atoms with Crippen LogP contribution in [0.5, 0.6) is 0 Å². The second-order valence-corrected chi connectivity index (χ2v) is 5.92. The second-order valence-electron chi connectivity index (χ2n) is 5.92. The van der Waals surface area contributed by atoms with Gasteiger partial charge in [-0.05, 0) is 37.8 Å². The first-order valence-electron chi connectivity index (χ1n) is 7.91. The van der Waals surface area contributed by atoms with E-state index >= 15 is 0 Å². The molecule has 2 rings (SSSR count). The Morgan fingerprint density at radius 2 is 2.19 bits per heavy atom. The molecule has 1 aliphatic carbocycles. The number of benzene rings is 1. The van der Waals surface area contributed by atoms with Crippen molar-refractivity contribution in [3.63, 3.8) is 0 Å². The van der Waals surface area contributed by atoms with Gasteiger partial charge in [0, 0.05) is 0 Å². The fourth-order valence-electron chi connectivity index (χ4n) is 2.93. The van der Waals surface area contributed by atoms with Crippen molar-refractivity contribution in [2.45, 2.75) is 58.2 Å². The van der Waals surface area contributed by atoms with Gasteiger partial charge in [0.1, 0.15) is 6.10 Å². The van der Waals surface area contributed by atoms with Crippen LogP contribution in [0.2, 0.25) is 0 Å². The van der Waals surface area contributed by atoms with E-state index in [-0.39, 0.29) is 12.0 Å². The van der Waals surface area contributed by atoms with Crippen molar-refractivity contribution in [2.24, 2.45) is 5.92 Å². The van der Waals surface area contributed by atoms with Crippen LogP contribution < -0.4 is 11.1 Å².